The number of carbonyl (C=O) groups excluding carboxylic acids is 1. The summed E-state index contributed by atoms with van der Waals surface area (Å²) in [6.07, 6.45) is 1.63. The first kappa shape index (κ1) is 27.0. The van der Waals surface area contributed by atoms with Crippen molar-refractivity contribution >= 4 is 20.4 Å². The van der Waals surface area contributed by atoms with Gasteiger partial charge in [-0.05, 0) is 47.2 Å². The highest BCUT2D eigenvalue weighted by Crippen LogP contribution is 2.42. The number of alkyl carbamates (subject to hydrolysis) is 1. The van der Waals surface area contributed by atoms with E-state index in [1.165, 1.54) is 0 Å². The number of aliphatic carboxylic acids is 1. The summed E-state index contributed by atoms with van der Waals surface area (Å²) in [6.45, 7) is 15.9. The lowest BCUT2D eigenvalue weighted by atomic mass is 10.0. The molecule has 1 aromatic carbocycles. The maximum Gasteiger partial charge on any atom is 0.407 e. The number of ether oxygens (including phenoxy) is 1. The summed E-state index contributed by atoms with van der Waals surface area (Å²) in [5.74, 6) is -0.255. The van der Waals surface area contributed by atoms with Gasteiger partial charge in [0.25, 0.3) is 8.32 Å². The van der Waals surface area contributed by atoms with E-state index in [9.17, 15) is 9.59 Å². The SMILES string of the molecule is CC(CCCCNC(=O)OCc1ccc(O[Si](C(C)C)(C(C)C)C(C)C)cc1)C(=O)O. The van der Waals surface area contributed by atoms with Crippen molar-refractivity contribution in [3.05, 3.63) is 29.8 Å². The predicted molar refractivity (Wildman–Crippen MR) is 127 cm³/mol. The van der Waals surface area contributed by atoms with Gasteiger partial charge in [0.1, 0.15) is 12.4 Å². The fraction of sp³-hybridized carbons (Fsp3) is 0.667. The molecule has 0 radical (unpaired) electrons. The molecule has 1 unspecified atom stereocenters. The van der Waals surface area contributed by atoms with Crippen molar-refractivity contribution < 1.29 is 23.9 Å². The molecule has 1 rings (SSSR count). The molecule has 0 bridgehead atoms. The molecule has 0 aliphatic heterocycles. The van der Waals surface area contributed by atoms with E-state index < -0.39 is 20.4 Å². The van der Waals surface area contributed by atoms with E-state index in [1.807, 2.05) is 24.3 Å². The Hall–Kier alpha value is -2.02. The largest absolute Gasteiger partial charge is 0.543 e. The van der Waals surface area contributed by atoms with Crippen LogP contribution in [-0.2, 0) is 16.1 Å². The summed E-state index contributed by atoms with van der Waals surface area (Å²) < 4.78 is 11.9. The Labute approximate surface area is 188 Å². The van der Waals surface area contributed by atoms with Gasteiger partial charge < -0.3 is 19.6 Å². The van der Waals surface area contributed by atoms with Gasteiger partial charge in [0.05, 0.1) is 5.92 Å². The Morgan fingerprint density at radius 3 is 1.97 bits per heavy atom. The molecule has 0 heterocycles. The van der Waals surface area contributed by atoms with Crippen LogP contribution >= 0.6 is 0 Å². The quantitative estimate of drug-likeness (QED) is 0.269. The summed E-state index contributed by atoms with van der Waals surface area (Å²) in [5.41, 5.74) is 2.42. The van der Waals surface area contributed by atoms with Crippen LogP contribution in [0.5, 0.6) is 5.75 Å². The maximum atomic E-state index is 11.9. The third kappa shape index (κ3) is 8.20. The number of carbonyl (C=O) groups is 2. The number of hydrogen-bond acceptors (Lipinski definition) is 4. The molecule has 0 saturated carbocycles. The molecule has 1 aromatic rings. The van der Waals surface area contributed by atoms with Gasteiger partial charge >= 0.3 is 12.1 Å². The van der Waals surface area contributed by atoms with Gasteiger partial charge in [0.2, 0.25) is 0 Å². The first-order valence-electron chi connectivity index (χ1n) is 11.4. The molecule has 6 nitrogen and oxygen atoms in total. The average Bonchev–Trinajstić information content (AvgIpc) is 2.69. The Morgan fingerprint density at radius 2 is 1.48 bits per heavy atom. The minimum absolute atomic E-state index is 0.198. The van der Waals surface area contributed by atoms with Crippen molar-refractivity contribution in [1.29, 1.82) is 0 Å². The summed E-state index contributed by atoms with van der Waals surface area (Å²) in [6, 6.07) is 7.82. The molecule has 0 saturated heterocycles. The van der Waals surface area contributed by atoms with Crippen LogP contribution in [0, 0.1) is 5.92 Å². The zero-order valence-corrected chi connectivity index (χ0v) is 21.2. The molecule has 7 heteroatoms. The number of carboxylic acids is 1. The van der Waals surface area contributed by atoms with Crippen LogP contribution in [0.3, 0.4) is 0 Å². The zero-order chi connectivity index (χ0) is 23.6. The molecular weight excluding hydrogens is 410 g/mol. The van der Waals surface area contributed by atoms with Gasteiger partial charge in [-0.25, -0.2) is 4.79 Å². The summed E-state index contributed by atoms with van der Waals surface area (Å²) >= 11 is 0. The second-order valence-electron chi connectivity index (χ2n) is 9.30. The van der Waals surface area contributed by atoms with Crippen molar-refractivity contribution in [3.8, 4) is 5.75 Å². The topological polar surface area (TPSA) is 84.9 Å². The molecular formula is C24H41NO5Si. The number of unbranched alkanes of at least 4 members (excludes halogenated alkanes) is 1. The lowest BCUT2D eigenvalue weighted by molar-refractivity contribution is -0.141. The molecule has 2 N–H and O–H groups in total. The molecule has 0 aromatic heterocycles. The van der Waals surface area contributed by atoms with Crippen LogP contribution < -0.4 is 9.74 Å². The summed E-state index contributed by atoms with van der Waals surface area (Å²) in [5, 5.41) is 11.6. The second-order valence-corrected chi connectivity index (χ2v) is 14.7. The lowest BCUT2D eigenvalue weighted by Gasteiger charge is -2.42. The Balaban J connectivity index is 2.48. The minimum Gasteiger partial charge on any atom is -0.543 e. The van der Waals surface area contributed by atoms with Crippen LogP contribution in [0.15, 0.2) is 24.3 Å². The first-order valence-corrected chi connectivity index (χ1v) is 13.6. The normalized spacial score (nSPS) is 12.8. The van der Waals surface area contributed by atoms with E-state index in [1.54, 1.807) is 6.92 Å². The van der Waals surface area contributed by atoms with E-state index in [-0.39, 0.29) is 12.5 Å². The van der Waals surface area contributed by atoms with Crippen molar-refractivity contribution in [1.82, 2.24) is 5.32 Å². The van der Waals surface area contributed by atoms with Crippen LogP contribution in [0.25, 0.3) is 0 Å². The van der Waals surface area contributed by atoms with Gasteiger partial charge in [-0.3, -0.25) is 4.79 Å². The van der Waals surface area contributed by atoms with Crippen molar-refractivity contribution in [2.75, 3.05) is 6.54 Å². The minimum atomic E-state index is -1.99. The van der Waals surface area contributed by atoms with Crippen LogP contribution in [0.2, 0.25) is 16.6 Å². The summed E-state index contributed by atoms with van der Waals surface area (Å²) in [4.78, 5) is 22.6. The fourth-order valence-corrected chi connectivity index (χ4v) is 9.55. The monoisotopic (exact) mass is 451 g/mol. The number of amides is 1. The van der Waals surface area contributed by atoms with Crippen LogP contribution in [0.4, 0.5) is 4.79 Å². The smallest absolute Gasteiger partial charge is 0.407 e. The van der Waals surface area contributed by atoms with Gasteiger partial charge in [0, 0.05) is 6.54 Å². The fourth-order valence-electron chi connectivity index (χ4n) is 4.30. The highest BCUT2D eigenvalue weighted by atomic mass is 28.4. The van der Waals surface area contributed by atoms with Crippen molar-refractivity contribution in [3.63, 3.8) is 0 Å². The number of hydrogen-bond donors (Lipinski definition) is 2. The van der Waals surface area contributed by atoms with Gasteiger partial charge in [0.15, 0.2) is 0 Å². The highest BCUT2D eigenvalue weighted by Gasteiger charge is 2.46. The van der Waals surface area contributed by atoms with E-state index in [0.717, 1.165) is 24.2 Å². The molecule has 0 spiro atoms. The molecule has 176 valence electrons. The number of nitrogens with one attached hydrogen (secondary N) is 1. The van der Waals surface area contributed by atoms with Gasteiger partial charge in [-0.2, -0.15) is 0 Å². The molecule has 0 fully saturated rings. The van der Waals surface area contributed by atoms with E-state index in [2.05, 4.69) is 46.9 Å². The standard InChI is InChI=1S/C24H41NO5Si/c1-17(2)31(18(3)4,19(5)6)30-22-13-11-21(12-14-22)16-29-24(28)25-15-9-8-10-20(7)23(26)27/h11-14,17-20H,8-10,15-16H2,1-7H3,(H,25,28)(H,26,27). The highest BCUT2D eigenvalue weighted by molar-refractivity contribution is 6.78. The van der Waals surface area contributed by atoms with Crippen molar-refractivity contribution in [2.45, 2.75) is 91.0 Å². The molecule has 0 aliphatic rings. The van der Waals surface area contributed by atoms with Crippen LogP contribution in [-0.4, -0.2) is 32.0 Å². The van der Waals surface area contributed by atoms with E-state index in [4.69, 9.17) is 14.3 Å². The first-order chi connectivity index (χ1) is 14.5. The van der Waals surface area contributed by atoms with Gasteiger partial charge in [-0.15, -0.1) is 0 Å². The Morgan fingerprint density at radius 1 is 0.935 bits per heavy atom. The molecule has 0 aliphatic carbocycles. The van der Waals surface area contributed by atoms with E-state index in [0.29, 0.717) is 29.6 Å². The summed E-state index contributed by atoms with van der Waals surface area (Å²) in [7, 11) is -1.99. The second kappa shape index (κ2) is 12.7. The van der Waals surface area contributed by atoms with Crippen LogP contribution in [0.1, 0.15) is 73.3 Å². The third-order valence-corrected chi connectivity index (χ3v) is 12.1. The number of rotatable bonds is 13. The third-order valence-electron chi connectivity index (χ3n) is 6.05. The molecule has 1 amide bonds. The number of benzene rings is 1. The van der Waals surface area contributed by atoms with Gasteiger partial charge in [-0.1, -0.05) is 67.0 Å². The molecule has 31 heavy (non-hydrogen) atoms. The Kier molecular flexibility index (Phi) is 11.1. The average molecular weight is 452 g/mol. The maximum absolute atomic E-state index is 11.9. The number of carboxylic acid groups (broad SMARTS) is 1. The Bertz CT molecular complexity index is 666. The van der Waals surface area contributed by atoms with E-state index >= 15 is 0 Å². The predicted octanol–water partition coefficient (Wildman–Crippen LogP) is 6.36. The zero-order valence-electron chi connectivity index (χ0n) is 20.2. The molecule has 1 atom stereocenters. The lowest BCUT2D eigenvalue weighted by Crippen LogP contribution is -2.50. The van der Waals surface area contributed by atoms with Crippen molar-refractivity contribution in [2.24, 2.45) is 5.92 Å².